The summed E-state index contributed by atoms with van der Waals surface area (Å²) in [5, 5.41) is 29.2. The van der Waals surface area contributed by atoms with Gasteiger partial charge in [-0.3, -0.25) is 14.5 Å². The van der Waals surface area contributed by atoms with Gasteiger partial charge in [0.05, 0.1) is 17.9 Å². The van der Waals surface area contributed by atoms with Crippen LogP contribution in [0.3, 0.4) is 0 Å². The molecule has 0 unspecified atom stereocenters. The topological polar surface area (TPSA) is 157 Å². The number of benzene rings is 1. The number of halogens is 1. The van der Waals surface area contributed by atoms with Crippen molar-refractivity contribution in [2.24, 2.45) is 39.2 Å². The molecule has 13 atom stereocenters. The molecule has 0 radical (unpaired) electrons. The van der Waals surface area contributed by atoms with Crippen molar-refractivity contribution in [3.8, 4) is 0 Å². The first-order valence-electron chi connectivity index (χ1n) is 21.5. The van der Waals surface area contributed by atoms with Crippen LogP contribution in [-0.2, 0) is 40.0 Å². The molecule has 3 fully saturated rings. The monoisotopic (exact) mass is 830 g/mol. The second-order valence-corrected chi connectivity index (χ2v) is 19.3. The van der Waals surface area contributed by atoms with Crippen LogP contribution < -0.4 is 0 Å². The molecule has 1 aliphatic carbocycles. The molecule has 0 aromatic heterocycles. The third-order valence-electron chi connectivity index (χ3n) is 13.5. The van der Waals surface area contributed by atoms with Crippen molar-refractivity contribution >= 4 is 29.1 Å². The summed E-state index contributed by atoms with van der Waals surface area (Å²) in [4.78, 5) is 54.0. The number of aliphatic hydroxyl groups is 2. The maximum absolute atomic E-state index is 17.0. The fourth-order valence-corrected chi connectivity index (χ4v) is 9.82. The zero-order valence-electron chi connectivity index (χ0n) is 37.8. The molecule has 1 aromatic carbocycles. The number of ether oxygens (including phenoxy) is 3. The number of rotatable bonds is 7. The molecule has 4 rings (SSSR count). The van der Waals surface area contributed by atoms with Crippen LogP contribution in [0.4, 0.5) is 4.39 Å². The van der Waals surface area contributed by atoms with Crippen LogP contribution in [0.2, 0.25) is 0 Å². The van der Waals surface area contributed by atoms with E-state index < -0.39 is 82.6 Å². The summed E-state index contributed by atoms with van der Waals surface area (Å²) in [6.07, 6.45) is -2.70. The van der Waals surface area contributed by atoms with Crippen LogP contribution in [0.5, 0.6) is 0 Å². The summed E-state index contributed by atoms with van der Waals surface area (Å²) in [5.74, 6) is -5.74. The van der Waals surface area contributed by atoms with E-state index in [4.69, 9.17) is 19.0 Å². The Labute approximate surface area is 351 Å². The molecule has 2 saturated heterocycles. The summed E-state index contributed by atoms with van der Waals surface area (Å²) in [6, 6.07) is 9.28. The number of ketones is 1. The van der Waals surface area contributed by atoms with Crippen molar-refractivity contribution in [2.75, 3.05) is 7.05 Å². The van der Waals surface area contributed by atoms with Crippen molar-refractivity contribution < 1.29 is 48.0 Å². The van der Waals surface area contributed by atoms with E-state index in [0.717, 1.165) is 12.5 Å². The predicted octanol–water partition coefficient (Wildman–Crippen LogP) is 7.41. The number of aliphatic imine (C=N–C) groups is 1. The van der Waals surface area contributed by atoms with Crippen molar-refractivity contribution in [3.05, 3.63) is 35.9 Å². The number of hydrogen-bond donors (Lipinski definition) is 2. The summed E-state index contributed by atoms with van der Waals surface area (Å²) in [6.45, 7) is 21.2. The van der Waals surface area contributed by atoms with Crippen LogP contribution in [-0.4, -0.2) is 105 Å². The molecule has 2 aliphatic heterocycles. The van der Waals surface area contributed by atoms with Gasteiger partial charge in [-0.2, -0.15) is 0 Å². The first-order chi connectivity index (χ1) is 27.3. The van der Waals surface area contributed by atoms with Crippen molar-refractivity contribution in [2.45, 2.75) is 188 Å². The SMILES string of the molecule is CC[C@H]1OC(=O)[C@@](C)(F)C(=O)[C@H](C)[C@@H](O[C@@H]2O[C@H](C)C[C@H](N(C)C(C)(C)C)[C@H]2O)[C@]2(C)CC/C(=N/OCc3ccccc3)CC[C@H]([C@@H](C)C(=NC(C)=O)[C@H](C)C2)[C@]1(C)O. The van der Waals surface area contributed by atoms with Crippen molar-refractivity contribution in [1.82, 2.24) is 4.90 Å². The quantitative estimate of drug-likeness (QED) is 0.161. The minimum absolute atomic E-state index is 0.112. The molecule has 59 heavy (non-hydrogen) atoms. The molecule has 3 aliphatic rings. The van der Waals surface area contributed by atoms with E-state index in [1.807, 2.05) is 65.1 Å². The maximum Gasteiger partial charge on any atom is 0.351 e. The van der Waals surface area contributed by atoms with E-state index in [-0.39, 0.29) is 30.7 Å². The summed E-state index contributed by atoms with van der Waals surface area (Å²) >= 11 is 0. The minimum atomic E-state index is -3.12. The number of fused-ring (bicyclic) bond motifs is 5. The Hall–Kier alpha value is -3.10. The number of oxime groups is 1. The van der Waals surface area contributed by atoms with Gasteiger partial charge >= 0.3 is 5.97 Å². The average molecular weight is 830 g/mol. The fraction of sp³-hybridized carbons (Fsp3) is 0.761. The first kappa shape index (κ1) is 48.6. The summed E-state index contributed by atoms with van der Waals surface area (Å²) in [7, 11) is 1.94. The Balaban J connectivity index is 1.97. The van der Waals surface area contributed by atoms with Gasteiger partial charge in [0.1, 0.15) is 24.4 Å². The van der Waals surface area contributed by atoms with Crippen LogP contribution in [0.15, 0.2) is 40.5 Å². The number of cyclic esters (lactones) is 1. The predicted molar refractivity (Wildman–Crippen MR) is 225 cm³/mol. The Bertz CT molecular complexity index is 1680. The number of nitrogens with zero attached hydrogens (tertiary/aromatic N) is 3. The Morgan fingerprint density at radius 2 is 1.69 bits per heavy atom. The van der Waals surface area contributed by atoms with E-state index in [9.17, 15) is 24.6 Å². The standard InChI is InChI=1S/C46H72FN3O9/c1-14-36-46(12,55)34-21-20-33(49-56-26-32-18-16-15-17-19-32)22-23-44(10,25-27(2)37(29(34)4)48-31(6)51)40(30(5)39(53)45(11,47)42(54)58-36)59-41-38(52)35(24-28(3)57-41)50(13)43(7,8)9/h15-19,27-30,34-36,38,40-41,52,55H,14,20-26H2,1-13H3/b48-37?,49-33+/t27-,28-,29-,30+,34-,35+,36-,38-,40-,41+,44-,45+,46+/m1/s1. The largest absolute Gasteiger partial charge is 0.457 e. The molecule has 332 valence electrons. The second kappa shape index (κ2) is 19.3. The van der Waals surface area contributed by atoms with Crippen molar-refractivity contribution in [3.63, 3.8) is 0 Å². The normalized spacial score (nSPS) is 39.6. The van der Waals surface area contributed by atoms with Gasteiger partial charge in [0.2, 0.25) is 5.91 Å². The smallest absolute Gasteiger partial charge is 0.351 e. The van der Waals surface area contributed by atoms with Crippen molar-refractivity contribution in [1.29, 1.82) is 0 Å². The molecule has 1 saturated carbocycles. The van der Waals surface area contributed by atoms with E-state index in [1.165, 1.54) is 13.8 Å². The lowest BCUT2D eigenvalue weighted by Gasteiger charge is -2.50. The number of alkyl halides is 1. The molecule has 2 bridgehead atoms. The molecular weight excluding hydrogens is 758 g/mol. The van der Waals surface area contributed by atoms with Gasteiger partial charge in [-0.1, -0.05) is 70.1 Å². The number of hydrogen-bond acceptors (Lipinski definition) is 11. The van der Waals surface area contributed by atoms with Gasteiger partial charge in [0.15, 0.2) is 12.1 Å². The number of esters is 1. The zero-order valence-corrected chi connectivity index (χ0v) is 37.8. The number of Topliss-reactive ketones (excluding diaryl/α,β-unsaturated/α-hetero) is 1. The first-order valence-corrected chi connectivity index (χ1v) is 21.5. The number of carbonyl (C=O) groups excluding carboxylic acids is 3. The third-order valence-corrected chi connectivity index (χ3v) is 13.5. The number of likely N-dealkylation sites (N-methyl/N-ethyl adjacent to an activating group) is 1. The number of amides is 1. The lowest BCUT2D eigenvalue weighted by atomic mass is 9.65. The van der Waals surface area contributed by atoms with E-state index in [1.54, 1.807) is 13.8 Å². The van der Waals surface area contributed by atoms with Crippen LogP contribution >= 0.6 is 0 Å². The van der Waals surface area contributed by atoms with Gasteiger partial charge in [-0.05, 0) is 116 Å². The summed E-state index contributed by atoms with van der Waals surface area (Å²) < 4.78 is 36.1. The number of aliphatic hydroxyl groups excluding tert-OH is 1. The lowest BCUT2D eigenvalue weighted by Crippen LogP contribution is -2.61. The molecule has 1 amide bonds. The molecule has 0 spiro atoms. The highest BCUT2D eigenvalue weighted by Gasteiger charge is 2.56. The molecule has 2 N–H and O–H groups in total. The summed E-state index contributed by atoms with van der Waals surface area (Å²) in [5.41, 5.74) is -4.01. The lowest BCUT2D eigenvalue weighted by molar-refractivity contribution is -0.290. The van der Waals surface area contributed by atoms with Gasteiger partial charge < -0.3 is 29.3 Å². The highest BCUT2D eigenvalue weighted by molar-refractivity contribution is 6.08. The van der Waals surface area contributed by atoms with Gasteiger partial charge in [0, 0.05) is 36.1 Å². The van der Waals surface area contributed by atoms with E-state index in [0.29, 0.717) is 49.9 Å². The highest BCUT2D eigenvalue weighted by Crippen LogP contribution is 2.47. The van der Waals surface area contributed by atoms with Crippen LogP contribution in [0.25, 0.3) is 0 Å². The molecular formula is C46H72FN3O9. The maximum atomic E-state index is 17.0. The van der Waals surface area contributed by atoms with Gasteiger partial charge in [-0.25, -0.2) is 14.2 Å². The van der Waals surface area contributed by atoms with E-state index >= 15 is 4.39 Å². The van der Waals surface area contributed by atoms with Gasteiger partial charge in [0.25, 0.3) is 5.67 Å². The zero-order chi connectivity index (χ0) is 44.2. The van der Waals surface area contributed by atoms with Crippen LogP contribution in [0, 0.1) is 29.1 Å². The van der Waals surface area contributed by atoms with Gasteiger partial charge in [-0.15, -0.1) is 0 Å². The Morgan fingerprint density at radius 3 is 2.29 bits per heavy atom. The molecule has 1 aromatic rings. The average Bonchev–Trinajstić information content (AvgIpc) is 3.17. The van der Waals surface area contributed by atoms with Crippen LogP contribution in [0.1, 0.15) is 134 Å². The molecule has 12 nitrogen and oxygen atoms in total. The third kappa shape index (κ3) is 11.2. The Kier molecular flexibility index (Phi) is 15.9. The fourth-order valence-electron chi connectivity index (χ4n) is 9.82. The molecule has 13 heteroatoms. The Morgan fingerprint density at radius 1 is 1.05 bits per heavy atom. The highest BCUT2D eigenvalue weighted by atomic mass is 19.1. The van der Waals surface area contributed by atoms with E-state index in [2.05, 4.69) is 35.8 Å². The second-order valence-electron chi connectivity index (χ2n) is 19.3. The minimum Gasteiger partial charge on any atom is -0.457 e. The number of carbonyl (C=O) groups is 3. The molecule has 2 heterocycles.